The van der Waals surface area contributed by atoms with Gasteiger partial charge in [-0.3, -0.25) is 4.99 Å². The number of benzene rings is 1. The Hall–Kier alpha value is -1.00. The fourth-order valence-electron chi connectivity index (χ4n) is 2.18. The quantitative estimate of drug-likeness (QED) is 0.667. The average molecular weight is 292 g/mol. The van der Waals surface area contributed by atoms with Gasteiger partial charge in [-0.1, -0.05) is 49.9 Å². The van der Waals surface area contributed by atoms with Gasteiger partial charge in [0.2, 0.25) is 0 Å². The highest BCUT2D eigenvalue weighted by Crippen LogP contribution is 2.18. The van der Waals surface area contributed by atoms with Crippen molar-refractivity contribution in [2.45, 2.75) is 44.5 Å². The zero-order valence-corrected chi connectivity index (χ0v) is 13.2. The zero-order valence-electron chi connectivity index (χ0n) is 12.3. The van der Waals surface area contributed by atoms with Crippen molar-refractivity contribution in [1.29, 1.82) is 0 Å². The van der Waals surface area contributed by atoms with Crippen LogP contribution in [-0.4, -0.2) is 24.4 Å². The molecule has 0 spiro atoms. The van der Waals surface area contributed by atoms with E-state index in [1.807, 2.05) is 0 Å². The third-order valence-electron chi connectivity index (χ3n) is 3.51. The Morgan fingerprint density at radius 3 is 2.75 bits per heavy atom. The van der Waals surface area contributed by atoms with Gasteiger partial charge in [0.1, 0.15) is 0 Å². The number of hydrogen-bond acceptors (Lipinski definition) is 3. The lowest BCUT2D eigenvalue weighted by Crippen LogP contribution is -2.14. The van der Waals surface area contributed by atoms with Crippen LogP contribution in [0.25, 0.3) is 0 Å². The largest absolute Gasteiger partial charge is 0.379 e. The smallest absolute Gasteiger partial charge is 0.154 e. The Labute approximate surface area is 126 Å². The highest BCUT2D eigenvalue weighted by Gasteiger charge is 2.14. The van der Waals surface area contributed by atoms with Gasteiger partial charge in [0, 0.05) is 12.4 Å². The van der Waals surface area contributed by atoms with Crippen molar-refractivity contribution < 1.29 is 4.74 Å². The van der Waals surface area contributed by atoms with Crippen LogP contribution in [0.2, 0.25) is 0 Å². The molecule has 0 aliphatic carbocycles. The van der Waals surface area contributed by atoms with E-state index in [1.165, 1.54) is 11.1 Å². The minimum Gasteiger partial charge on any atom is -0.379 e. The number of nitrogens with zero attached hydrogens (tertiary/aromatic N) is 1. The summed E-state index contributed by atoms with van der Waals surface area (Å²) in [5.74, 6) is 1.45. The Balaban J connectivity index is 1.77. The van der Waals surface area contributed by atoms with E-state index in [0.717, 1.165) is 25.2 Å². The first-order chi connectivity index (χ1) is 9.65. The van der Waals surface area contributed by atoms with Crippen molar-refractivity contribution in [2.75, 3.05) is 13.2 Å². The third-order valence-corrected chi connectivity index (χ3v) is 4.41. The molecule has 0 bridgehead atoms. The van der Waals surface area contributed by atoms with E-state index in [9.17, 15) is 0 Å². The molecule has 1 aromatic rings. The Bertz CT molecular complexity index is 436. The number of hydrogen-bond donors (Lipinski definition) is 1. The molecule has 0 radical (unpaired) electrons. The molecule has 1 atom stereocenters. The van der Waals surface area contributed by atoms with Crippen LogP contribution in [0.5, 0.6) is 0 Å². The van der Waals surface area contributed by atoms with Gasteiger partial charge in [-0.25, -0.2) is 0 Å². The van der Waals surface area contributed by atoms with E-state index in [4.69, 9.17) is 10.5 Å². The average Bonchev–Trinajstić information content (AvgIpc) is 2.96. The van der Waals surface area contributed by atoms with Crippen LogP contribution >= 0.6 is 11.8 Å². The van der Waals surface area contributed by atoms with Gasteiger partial charge in [0.15, 0.2) is 5.17 Å². The second-order valence-electron chi connectivity index (χ2n) is 5.50. The van der Waals surface area contributed by atoms with E-state index in [2.05, 4.69) is 43.1 Å². The summed E-state index contributed by atoms with van der Waals surface area (Å²) in [4.78, 5) is 4.40. The fourth-order valence-corrected chi connectivity index (χ4v) is 2.85. The van der Waals surface area contributed by atoms with E-state index in [1.54, 1.807) is 11.8 Å². The summed E-state index contributed by atoms with van der Waals surface area (Å²) in [6, 6.07) is 8.74. The summed E-state index contributed by atoms with van der Waals surface area (Å²) >= 11 is 1.60. The molecule has 0 saturated carbocycles. The van der Waals surface area contributed by atoms with Gasteiger partial charge in [-0.2, -0.15) is 0 Å². The second kappa shape index (κ2) is 7.70. The van der Waals surface area contributed by atoms with Gasteiger partial charge < -0.3 is 10.5 Å². The zero-order chi connectivity index (χ0) is 14.4. The molecule has 2 rings (SSSR count). The molecule has 0 aromatic heterocycles. The first-order valence-corrected chi connectivity index (χ1v) is 8.27. The molecule has 1 aliphatic rings. The van der Waals surface area contributed by atoms with Gasteiger partial charge >= 0.3 is 0 Å². The van der Waals surface area contributed by atoms with Crippen LogP contribution < -0.4 is 5.73 Å². The molecular formula is C16H24N2OS. The molecule has 1 aromatic carbocycles. The summed E-state index contributed by atoms with van der Waals surface area (Å²) in [5.41, 5.74) is 8.60. The summed E-state index contributed by atoms with van der Waals surface area (Å²) < 4.78 is 5.53. The number of aliphatic imine (C=N–C) groups is 1. The lowest BCUT2D eigenvalue weighted by Gasteiger charge is -2.08. The molecule has 0 amide bonds. The Morgan fingerprint density at radius 1 is 1.40 bits per heavy atom. The monoisotopic (exact) mass is 292 g/mol. The SMILES string of the molecule is CC(C)c1ccc(CSC(N)=NC[C@H]2CCCO2)cc1. The van der Waals surface area contributed by atoms with Crippen LogP contribution in [0, 0.1) is 0 Å². The number of amidine groups is 1. The summed E-state index contributed by atoms with van der Waals surface area (Å²) in [7, 11) is 0. The van der Waals surface area contributed by atoms with Crippen LogP contribution in [-0.2, 0) is 10.5 Å². The van der Waals surface area contributed by atoms with Crippen LogP contribution in [0.15, 0.2) is 29.3 Å². The number of rotatable bonds is 5. The topological polar surface area (TPSA) is 47.6 Å². The molecule has 4 heteroatoms. The van der Waals surface area contributed by atoms with E-state index in [0.29, 0.717) is 17.6 Å². The summed E-state index contributed by atoms with van der Waals surface area (Å²) in [6.07, 6.45) is 2.53. The maximum Gasteiger partial charge on any atom is 0.154 e. The van der Waals surface area contributed by atoms with Crippen LogP contribution in [0.1, 0.15) is 43.7 Å². The molecule has 0 unspecified atom stereocenters. The molecule has 1 heterocycles. The predicted octanol–water partition coefficient (Wildman–Crippen LogP) is 3.54. The molecule has 20 heavy (non-hydrogen) atoms. The second-order valence-corrected chi connectivity index (χ2v) is 6.49. The van der Waals surface area contributed by atoms with Gasteiger partial charge in [0.05, 0.1) is 12.6 Å². The van der Waals surface area contributed by atoms with E-state index >= 15 is 0 Å². The third kappa shape index (κ3) is 4.84. The molecule has 1 fully saturated rings. The minimum atomic E-state index is 0.277. The molecule has 3 nitrogen and oxygen atoms in total. The predicted molar refractivity (Wildman–Crippen MR) is 87.3 cm³/mol. The van der Waals surface area contributed by atoms with Gasteiger partial charge in [-0.05, 0) is 29.9 Å². The molecular weight excluding hydrogens is 268 g/mol. The first kappa shape index (κ1) is 15.4. The van der Waals surface area contributed by atoms with E-state index < -0.39 is 0 Å². The molecule has 110 valence electrons. The molecule has 1 saturated heterocycles. The normalized spacial score (nSPS) is 19.8. The Morgan fingerprint density at radius 2 is 2.15 bits per heavy atom. The van der Waals surface area contributed by atoms with Crippen molar-refractivity contribution >= 4 is 16.9 Å². The lowest BCUT2D eigenvalue weighted by atomic mass is 10.0. The minimum absolute atomic E-state index is 0.277. The highest BCUT2D eigenvalue weighted by atomic mass is 32.2. The van der Waals surface area contributed by atoms with Gasteiger partial charge in [0.25, 0.3) is 0 Å². The summed E-state index contributed by atoms with van der Waals surface area (Å²) in [5, 5.41) is 0.661. The number of ether oxygens (including phenoxy) is 1. The van der Waals surface area contributed by atoms with Gasteiger partial charge in [-0.15, -0.1) is 0 Å². The molecule has 2 N–H and O–H groups in total. The van der Waals surface area contributed by atoms with Crippen molar-refractivity contribution in [2.24, 2.45) is 10.7 Å². The number of nitrogens with two attached hydrogens (primary N) is 1. The maximum atomic E-state index is 5.94. The number of thioether (sulfide) groups is 1. The standard InChI is InChI=1S/C16H24N2OS/c1-12(2)14-7-5-13(6-8-14)11-20-16(17)18-10-15-4-3-9-19-15/h5-8,12,15H,3-4,9-11H2,1-2H3,(H2,17,18)/t15-/m1/s1. The summed E-state index contributed by atoms with van der Waals surface area (Å²) in [6.45, 7) is 5.99. The van der Waals surface area contributed by atoms with Crippen molar-refractivity contribution in [3.8, 4) is 0 Å². The van der Waals surface area contributed by atoms with Crippen LogP contribution in [0.3, 0.4) is 0 Å². The highest BCUT2D eigenvalue weighted by molar-refractivity contribution is 8.13. The van der Waals surface area contributed by atoms with Crippen molar-refractivity contribution in [1.82, 2.24) is 0 Å². The fraction of sp³-hybridized carbons (Fsp3) is 0.562. The first-order valence-electron chi connectivity index (χ1n) is 7.28. The Kier molecular flexibility index (Phi) is 5.92. The maximum absolute atomic E-state index is 5.94. The molecule has 1 aliphatic heterocycles. The van der Waals surface area contributed by atoms with Crippen molar-refractivity contribution in [3.05, 3.63) is 35.4 Å². The van der Waals surface area contributed by atoms with Crippen LogP contribution in [0.4, 0.5) is 0 Å². The van der Waals surface area contributed by atoms with E-state index in [-0.39, 0.29) is 6.10 Å². The van der Waals surface area contributed by atoms with Crippen molar-refractivity contribution in [3.63, 3.8) is 0 Å². The lowest BCUT2D eigenvalue weighted by molar-refractivity contribution is 0.118.